The van der Waals surface area contributed by atoms with E-state index in [4.69, 9.17) is 15.2 Å². The van der Waals surface area contributed by atoms with E-state index in [1.807, 2.05) is 6.92 Å². The number of nitrogens with two attached hydrogens (primary N) is 1. The van der Waals surface area contributed by atoms with E-state index in [0.717, 1.165) is 0 Å². The molecule has 0 radical (unpaired) electrons. The summed E-state index contributed by atoms with van der Waals surface area (Å²) in [5.74, 6) is 0.564. The van der Waals surface area contributed by atoms with Gasteiger partial charge in [0.05, 0.1) is 19.3 Å². The van der Waals surface area contributed by atoms with Gasteiger partial charge in [-0.25, -0.2) is 0 Å². The summed E-state index contributed by atoms with van der Waals surface area (Å²) in [5.41, 5.74) is 5.57. The van der Waals surface area contributed by atoms with Gasteiger partial charge in [-0.3, -0.25) is 4.79 Å². The Morgan fingerprint density at radius 1 is 1.47 bits per heavy atom. The number of rotatable bonds is 4. The SMILES string of the molecule is CCOc1cc(Br)c(C(N)=O)cc1OC. The van der Waals surface area contributed by atoms with Crippen LogP contribution in [0, 0.1) is 0 Å². The fourth-order valence-corrected chi connectivity index (χ4v) is 1.67. The molecule has 0 aromatic heterocycles. The topological polar surface area (TPSA) is 61.5 Å². The molecule has 0 aliphatic carbocycles. The van der Waals surface area contributed by atoms with E-state index in [2.05, 4.69) is 15.9 Å². The van der Waals surface area contributed by atoms with Crippen molar-refractivity contribution in [1.82, 2.24) is 0 Å². The number of hydrogen-bond acceptors (Lipinski definition) is 3. The number of halogens is 1. The normalized spacial score (nSPS) is 9.80. The Morgan fingerprint density at radius 2 is 2.13 bits per heavy atom. The lowest BCUT2D eigenvalue weighted by atomic mass is 10.2. The van der Waals surface area contributed by atoms with Gasteiger partial charge >= 0.3 is 0 Å². The quantitative estimate of drug-likeness (QED) is 0.912. The van der Waals surface area contributed by atoms with E-state index in [9.17, 15) is 4.79 Å². The lowest BCUT2D eigenvalue weighted by molar-refractivity contribution is 0.0999. The molecule has 4 nitrogen and oxygen atoms in total. The summed E-state index contributed by atoms with van der Waals surface area (Å²) in [4.78, 5) is 11.1. The van der Waals surface area contributed by atoms with Crippen LogP contribution in [0.5, 0.6) is 11.5 Å². The Bertz CT molecular complexity index is 379. The van der Waals surface area contributed by atoms with Crippen LogP contribution in [-0.2, 0) is 0 Å². The first-order valence-electron chi connectivity index (χ1n) is 4.40. The van der Waals surface area contributed by atoms with E-state index >= 15 is 0 Å². The second-order valence-electron chi connectivity index (χ2n) is 2.78. The van der Waals surface area contributed by atoms with Crippen LogP contribution in [0.25, 0.3) is 0 Å². The van der Waals surface area contributed by atoms with Crippen molar-refractivity contribution in [3.05, 3.63) is 22.2 Å². The molecule has 0 saturated heterocycles. The molecule has 15 heavy (non-hydrogen) atoms. The first-order chi connectivity index (χ1) is 7.10. The van der Waals surface area contributed by atoms with Crippen molar-refractivity contribution in [2.45, 2.75) is 6.92 Å². The minimum Gasteiger partial charge on any atom is -0.493 e. The summed E-state index contributed by atoms with van der Waals surface area (Å²) in [5, 5.41) is 0. The van der Waals surface area contributed by atoms with Gasteiger partial charge in [0.15, 0.2) is 11.5 Å². The van der Waals surface area contributed by atoms with Crippen molar-refractivity contribution in [3.8, 4) is 11.5 Å². The van der Waals surface area contributed by atoms with Crippen LogP contribution < -0.4 is 15.2 Å². The second kappa shape index (κ2) is 5.02. The predicted molar refractivity (Wildman–Crippen MR) is 60.4 cm³/mol. The summed E-state index contributed by atoms with van der Waals surface area (Å²) < 4.78 is 11.0. The minimum atomic E-state index is -0.511. The fraction of sp³-hybridized carbons (Fsp3) is 0.300. The predicted octanol–water partition coefficient (Wildman–Crippen LogP) is 1.96. The highest BCUT2D eigenvalue weighted by Gasteiger charge is 2.13. The zero-order chi connectivity index (χ0) is 11.4. The Hall–Kier alpha value is -1.23. The van der Waals surface area contributed by atoms with Gasteiger partial charge in [-0.05, 0) is 35.0 Å². The average molecular weight is 274 g/mol. The number of hydrogen-bond donors (Lipinski definition) is 1. The lowest BCUT2D eigenvalue weighted by Gasteiger charge is -2.11. The highest BCUT2D eigenvalue weighted by atomic mass is 79.9. The molecule has 0 spiro atoms. The summed E-state index contributed by atoms with van der Waals surface area (Å²) in [7, 11) is 1.51. The first-order valence-corrected chi connectivity index (χ1v) is 5.19. The molecule has 82 valence electrons. The van der Waals surface area contributed by atoms with Crippen LogP contribution in [0.15, 0.2) is 16.6 Å². The van der Waals surface area contributed by atoms with E-state index in [1.165, 1.54) is 7.11 Å². The molecule has 0 bridgehead atoms. The van der Waals surface area contributed by atoms with Gasteiger partial charge in [-0.2, -0.15) is 0 Å². The van der Waals surface area contributed by atoms with E-state index in [1.54, 1.807) is 12.1 Å². The van der Waals surface area contributed by atoms with Crippen LogP contribution in [0.2, 0.25) is 0 Å². The van der Waals surface area contributed by atoms with Crippen LogP contribution in [-0.4, -0.2) is 19.6 Å². The van der Waals surface area contributed by atoms with Gasteiger partial charge in [0.2, 0.25) is 5.91 Å². The van der Waals surface area contributed by atoms with Crippen LogP contribution in [0.1, 0.15) is 17.3 Å². The van der Waals surface area contributed by atoms with Crippen LogP contribution >= 0.6 is 15.9 Å². The second-order valence-corrected chi connectivity index (χ2v) is 3.63. The van der Waals surface area contributed by atoms with Gasteiger partial charge < -0.3 is 15.2 Å². The third-order valence-corrected chi connectivity index (χ3v) is 2.47. The van der Waals surface area contributed by atoms with E-state index in [-0.39, 0.29) is 0 Å². The van der Waals surface area contributed by atoms with Gasteiger partial charge in [0.1, 0.15) is 0 Å². The molecule has 0 aliphatic heterocycles. The van der Waals surface area contributed by atoms with Crippen LogP contribution in [0.4, 0.5) is 0 Å². The molecule has 0 fully saturated rings. The number of carbonyl (C=O) groups excluding carboxylic acids is 1. The zero-order valence-electron chi connectivity index (χ0n) is 8.54. The minimum absolute atomic E-state index is 0.371. The van der Waals surface area contributed by atoms with Gasteiger partial charge in [-0.1, -0.05) is 0 Å². The maximum atomic E-state index is 11.1. The third kappa shape index (κ3) is 2.62. The monoisotopic (exact) mass is 273 g/mol. The van der Waals surface area contributed by atoms with Crippen molar-refractivity contribution in [3.63, 3.8) is 0 Å². The molecular formula is C10H12BrNO3. The number of primary amides is 1. The number of methoxy groups -OCH3 is 1. The molecule has 1 rings (SSSR count). The number of amides is 1. The molecule has 0 saturated carbocycles. The smallest absolute Gasteiger partial charge is 0.249 e. The summed E-state index contributed by atoms with van der Waals surface area (Å²) in [6.07, 6.45) is 0. The Labute approximate surface area is 96.5 Å². The maximum absolute atomic E-state index is 11.1. The maximum Gasteiger partial charge on any atom is 0.249 e. The molecule has 0 unspecified atom stereocenters. The highest BCUT2D eigenvalue weighted by Crippen LogP contribution is 2.33. The standard InChI is InChI=1S/C10H12BrNO3/c1-3-15-9-5-7(11)6(10(12)13)4-8(9)14-2/h4-5H,3H2,1-2H3,(H2,12,13). The average Bonchev–Trinajstić information content (AvgIpc) is 2.18. The molecule has 2 N–H and O–H groups in total. The number of ether oxygens (including phenoxy) is 2. The number of carbonyl (C=O) groups is 1. The van der Waals surface area contributed by atoms with Crippen molar-refractivity contribution < 1.29 is 14.3 Å². The molecule has 0 atom stereocenters. The molecule has 0 heterocycles. The molecule has 1 aromatic rings. The summed E-state index contributed by atoms with van der Waals surface area (Å²) >= 11 is 3.24. The largest absolute Gasteiger partial charge is 0.493 e. The van der Waals surface area contributed by atoms with Crippen molar-refractivity contribution in [1.29, 1.82) is 0 Å². The molecule has 0 aliphatic rings. The van der Waals surface area contributed by atoms with E-state index < -0.39 is 5.91 Å². The van der Waals surface area contributed by atoms with Crippen molar-refractivity contribution in [2.75, 3.05) is 13.7 Å². The Morgan fingerprint density at radius 3 is 2.60 bits per heavy atom. The van der Waals surface area contributed by atoms with Gasteiger partial charge in [0.25, 0.3) is 0 Å². The molecule has 1 aromatic carbocycles. The van der Waals surface area contributed by atoms with Gasteiger partial charge in [0, 0.05) is 4.47 Å². The summed E-state index contributed by atoms with van der Waals surface area (Å²) in [6, 6.07) is 3.22. The Kier molecular flexibility index (Phi) is 3.96. The fourth-order valence-electron chi connectivity index (χ4n) is 1.15. The highest BCUT2D eigenvalue weighted by molar-refractivity contribution is 9.10. The molecular weight excluding hydrogens is 262 g/mol. The van der Waals surface area contributed by atoms with Crippen LogP contribution in [0.3, 0.4) is 0 Å². The van der Waals surface area contributed by atoms with Gasteiger partial charge in [-0.15, -0.1) is 0 Å². The van der Waals surface area contributed by atoms with Crippen molar-refractivity contribution in [2.24, 2.45) is 5.73 Å². The number of benzene rings is 1. The zero-order valence-corrected chi connectivity index (χ0v) is 10.1. The summed E-state index contributed by atoms with van der Waals surface area (Å²) in [6.45, 7) is 2.40. The third-order valence-electron chi connectivity index (χ3n) is 1.82. The van der Waals surface area contributed by atoms with E-state index in [0.29, 0.717) is 28.1 Å². The first kappa shape index (κ1) is 11.8. The molecule has 1 amide bonds. The lowest BCUT2D eigenvalue weighted by Crippen LogP contribution is -2.12. The molecule has 5 heteroatoms. The van der Waals surface area contributed by atoms with Crippen molar-refractivity contribution >= 4 is 21.8 Å². The Balaban J connectivity index is 3.22.